The van der Waals surface area contributed by atoms with E-state index in [1.165, 1.54) is 0 Å². The molecule has 0 radical (unpaired) electrons. The SMILES string of the molecule is CCNC(=NCc1ccc(N2CCN(C)CC2)nc1)NCc1ncc(C(C)(C)C)o1.I. The molecule has 31 heavy (non-hydrogen) atoms. The van der Waals surface area contributed by atoms with E-state index < -0.39 is 0 Å². The van der Waals surface area contributed by atoms with Crippen molar-refractivity contribution in [3.05, 3.63) is 41.7 Å². The lowest BCUT2D eigenvalue weighted by atomic mass is 9.94. The lowest BCUT2D eigenvalue weighted by molar-refractivity contribution is 0.312. The number of anilines is 1. The van der Waals surface area contributed by atoms with E-state index in [-0.39, 0.29) is 29.4 Å². The minimum atomic E-state index is -0.0485. The maximum atomic E-state index is 5.84. The summed E-state index contributed by atoms with van der Waals surface area (Å²) < 4.78 is 5.84. The Morgan fingerprint density at radius 1 is 1.10 bits per heavy atom. The number of aromatic nitrogens is 2. The predicted octanol–water partition coefficient (Wildman–Crippen LogP) is 2.99. The number of nitrogens with one attached hydrogen (secondary N) is 2. The maximum Gasteiger partial charge on any atom is 0.213 e. The van der Waals surface area contributed by atoms with Crippen LogP contribution in [0.1, 0.15) is 44.9 Å². The maximum absolute atomic E-state index is 5.84. The van der Waals surface area contributed by atoms with Crippen LogP contribution in [0.2, 0.25) is 0 Å². The van der Waals surface area contributed by atoms with Gasteiger partial charge in [0.2, 0.25) is 5.89 Å². The van der Waals surface area contributed by atoms with E-state index in [9.17, 15) is 0 Å². The van der Waals surface area contributed by atoms with Gasteiger partial charge in [0.25, 0.3) is 0 Å². The summed E-state index contributed by atoms with van der Waals surface area (Å²) in [5, 5.41) is 6.55. The largest absolute Gasteiger partial charge is 0.443 e. The Balaban J connectivity index is 0.00000341. The highest BCUT2D eigenvalue weighted by Crippen LogP contribution is 2.22. The van der Waals surface area contributed by atoms with Crippen LogP contribution in [0.15, 0.2) is 33.9 Å². The monoisotopic (exact) mass is 541 g/mol. The van der Waals surface area contributed by atoms with Crippen LogP contribution < -0.4 is 15.5 Å². The lowest BCUT2D eigenvalue weighted by Crippen LogP contribution is -2.44. The number of piperazine rings is 1. The Morgan fingerprint density at radius 3 is 2.42 bits per heavy atom. The van der Waals surface area contributed by atoms with Crippen molar-refractivity contribution in [2.75, 3.05) is 44.7 Å². The molecule has 1 aliphatic heterocycles. The van der Waals surface area contributed by atoms with Gasteiger partial charge in [-0.3, -0.25) is 0 Å². The number of halogens is 1. The number of pyridine rings is 1. The zero-order chi connectivity index (χ0) is 21.6. The average molecular weight is 541 g/mol. The molecule has 0 atom stereocenters. The molecule has 0 amide bonds. The second-order valence-electron chi connectivity index (χ2n) is 8.73. The van der Waals surface area contributed by atoms with Gasteiger partial charge >= 0.3 is 0 Å². The number of hydrogen-bond donors (Lipinski definition) is 2. The highest BCUT2D eigenvalue weighted by molar-refractivity contribution is 14.0. The van der Waals surface area contributed by atoms with Crippen molar-refractivity contribution in [2.24, 2.45) is 4.99 Å². The van der Waals surface area contributed by atoms with Crippen molar-refractivity contribution in [1.29, 1.82) is 0 Å². The Bertz CT molecular complexity index is 821. The van der Waals surface area contributed by atoms with Gasteiger partial charge < -0.3 is 24.9 Å². The van der Waals surface area contributed by atoms with Crippen LogP contribution in [0.25, 0.3) is 0 Å². The molecule has 0 saturated carbocycles. The van der Waals surface area contributed by atoms with Crippen molar-refractivity contribution >= 4 is 35.8 Å². The van der Waals surface area contributed by atoms with Gasteiger partial charge in [-0.15, -0.1) is 24.0 Å². The fourth-order valence-corrected chi connectivity index (χ4v) is 3.14. The average Bonchev–Trinajstić information content (AvgIpc) is 3.21. The third-order valence-corrected chi connectivity index (χ3v) is 5.10. The summed E-state index contributed by atoms with van der Waals surface area (Å²) in [7, 11) is 2.16. The number of aliphatic imine (C=N–C) groups is 1. The molecule has 1 aliphatic rings. The molecular weight excluding hydrogens is 505 g/mol. The van der Waals surface area contributed by atoms with Crippen molar-refractivity contribution < 1.29 is 4.42 Å². The molecule has 0 bridgehead atoms. The summed E-state index contributed by atoms with van der Waals surface area (Å²) in [5.41, 5.74) is 1.03. The van der Waals surface area contributed by atoms with Gasteiger partial charge in [-0.05, 0) is 25.6 Å². The number of guanidine groups is 1. The molecule has 9 heteroatoms. The molecule has 172 valence electrons. The van der Waals surface area contributed by atoms with Crippen LogP contribution in [0, 0.1) is 0 Å². The van der Waals surface area contributed by atoms with Crippen LogP contribution in [0.3, 0.4) is 0 Å². The van der Waals surface area contributed by atoms with Crippen LogP contribution in [-0.4, -0.2) is 60.6 Å². The molecular formula is C22H36IN7O. The van der Waals surface area contributed by atoms with Gasteiger partial charge in [-0.25, -0.2) is 15.0 Å². The van der Waals surface area contributed by atoms with Gasteiger partial charge in [0.15, 0.2) is 5.96 Å². The fraction of sp³-hybridized carbons (Fsp3) is 0.591. The first-order valence-corrected chi connectivity index (χ1v) is 10.7. The van der Waals surface area contributed by atoms with E-state index in [0.29, 0.717) is 19.0 Å². The van der Waals surface area contributed by atoms with E-state index in [1.54, 1.807) is 6.20 Å². The number of oxazole rings is 1. The van der Waals surface area contributed by atoms with Gasteiger partial charge in [-0.1, -0.05) is 26.8 Å². The third kappa shape index (κ3) is 7.64. The second kappa shape index (κ2) is 11.7. The summed E-state index contributed by atoms with van der Waals surface area (Å²) in [6.45, 7) is 14.4. The number of hydrogen-bond acceptors (Lipinski definition) is 6. The molecule has 0 aliphatic carbocycles. The molecule has 2 aromatic rings. The molecule has 0 aromatic carbocycles. The smallest absolute Gasteiger partial charge is 0.213 e. The molecule has 1 fully saturated rings. The Labute approximate surface area is 202 Å². The summed E-state index contributed by atoms with van der Waals surface area (Å²) in [6.07, 6.45) is 3.72. The van der Waals surface area contributed by atoms with Gasteiger partial charge in [-0.2, -0.15) is 0 Å². The third-order valence-electron chi connectivity index (χ3n) is 5.10. The number of likely N-dealkylation sites (N-methyl/N-ethyl adjacent to an activating group) is 1. The van der Waals surface area contributed by atoms with Gasteiger partial charge in [0, 0.05) is 44.3 Å². The van der Waals surface area contributed by atoms with Crippen LogP contribution in [0.5, 0.6) is 0 Å². The molecule has 3 rings (SSSR count). The van der Waals surface area contributed by atoms with E-state index in [2.05, 4.69) is 75.3 Å². The first-order valence-electron chi connectivity index (χ1n) is 10.7. The van der Waals surface area contributed by atoms with Crippen LogP contribution in [0.4, 0.5) is 5.82 Å². The molecule has 0 spiro atoms. The van der Waals surface area contributed by atoms with Crippen LogP contribution in [-0.2, 0) is 18.5 Å². The van der Waals surface area contributed by atoms with Crippen molar-refractivity contribution in [1.82, 2.24) is 25.5 Å². The first-order chi connectivity index (χ1) is 14.3. The van der Waals surface area contributed by atoms with E-state index in [1.807, 2.05) is 13.1 Å². The molecule has 2 N–H and O–H groups in total. The lowest BCUT2D eigenvalue weighted by Gasteiger charge is -2.33. The Kier molecular flexibility index (Phi) is 9.54. The molecule has 8 nitrogen and oxygen atoms in total. The van der Waals surface area contributed by atoms with E-state index in [0.717, 1.165) is 55.8 Å². The fourth-order valence-electron chi connectivity index (χ4n) is 3.14. The van der Waals surface area contributed by atoms with E-state index >= 15 is 0 Å². The molecule has 0 unspecified atom stereocenters. The number of rotatable bonds is 6. The predicted molar refractivity (Wildman–Crippen MR) is 136 cm³/mol. The zero-order valence-electron chi connectivity index (χ0n) is 19.3. The van der Waals surface area contributed by atoms with Gasteiger partial charge in [0.1, 0.15) is 11.6 Å². The van der Waals surface area contributed by atoms with Crippen molar-refractivity contribution in [3.8, 4) is 0 Å². The molecule has 3 heterocycles. The summed E-state index contributed by atoms with van der Waals surface area (Å²) in [5.74, 6) is 3.31. The summed E-state index contributed by atoms with van der Waals surface area (Å²) >= 11 is 0. The first kappa shape index (κ1) is 25.4. The molecule has 2 aromatic heterocycles. The summed E-state index contributed by atoms with van der Waals surface area (Å²) in [4.78, 5) is 18.4. The quantitative estimate of drug-likeness (QED) is 0.331. The second-order valence-corrected chi connectivity index (χ2v) is 8.73. The topological polar surface area (TPSA) is 81.8 Å². The van der Waals surface area contributed by atoms with Crippen molar-refractivity contribution in [3.63, 3.8) is 0 Å². The highest BCUT2D eigenvalue weighted by atomic mass is 127. The summed E-state index contributed by atoms with van der Waals surface area (Å²) in [6, 6.07) is 4.20. The van der Waals surface area contributed by atoms with Gasteiger partial charge in [0.05, 0.1) is 19.3 Å². The Morgan fingerprint density at radius 2 is 1.84 bits per heavy atom. The van der Waals surface area contributed by atoms with Crippen molar-refractivity contribution in [2.45, 2.75) is 46.2 Å². The number of nitrogens with zero attached hydrogens (tertiary/aromatic N) is 5. The standard InChI is InChI=1S/C22H35N7O.HI/c1-6-23-21(27-16-20-25-15-18(30-20)22(2,3)4)26-14-17-7-8-19(24-13-17)29-11-9-28(5)10-12-29;/h7-8,13,15H,6,9-12,14,16H2,1-5H3,(H2,23,26,27);1H. The minimum absolute atomic E-state index is 0. The van der Waals surface area contributed by atoms with Crippen LogP contribution >= 0.6 is 24.0 Å². The Hall–Kier alpha value is -1.88. The molecule has 1 saturated heterocycles. The zero-order valence-corrected chi connectivity index (χ0v) is 21.6. The highest BCUT2D eigenvalue weighted by Gasteiger charge is 2.19. The normalized spacial score (nSPS) is 15.5. The minimum Gasteiger partial charge on any atom is -0.443 e. The van der Waals surface area contributed by atoms with E-state index in [4.69, 9.17) is 4.42 Å².